The van der Waals surface area contributed by atoms with E-state index in [2.05, 4.69) is 15.3 Å². The lowest BCUT2D eigenvalue weighted by molar-refractivity contribution is 0.0634. The highest BCUT2D eigenvalue weighted by Crippen LogP contribution is 2.07. The first-order chi connectivity index (χ1) is 7.26. The van der Waals surface area contributed by atoms with Gasteiger partial charge in [-0.3, -0.25) is 15.3 Å². The highest BCUT2D eigenvalue weighted by Gasteiger charge is 2.16. The van der Waals surface area contributed by atoms with Gasteiger partial charge in [0.2, 0.25) is 5.95 Å². The van der Waals surface area contributed by atoms with Crippen LogP contribution in [0.1, 0.15) is 20.8 Å². The van der Waals surface area contributed by atoms with Gasteiger partial charge in [0.1, 0.15) is 5.60 Å². The zero-order chi connectivity index (χ0) is 12.3. The molecular weight excluding hydrogens is 216 g/mol. The summed E-state index contributed by atoms with van der Waals surface area (Å²) >= 11 is 0. The molecular formula is C8H12N4O4. The SMILES string of the molecule is CC(C)(C)OC(=O)Nc1nc(=O)[nH]c(=O)[nH]1. The molecule has 0 aliphatic rings. The molecule has 1 heterocycles. The topological polar surface area (TPSA) is 117 Å². The van der Waals surface area contributed by atoms with Crippen molar-refractivity contribution in [1.29, 1.82) is 0 Å². The van der Waals surface area contributed by atoms with Crippen molar-refractivity contribution in [3.05, 3.63) is 21.0 Å². The highest BCUT2D eigenvalue weighted by atomic mass is 16.6. The zero-order valence-electron chi connectivity index (χ0n) is 9.08. The van der Waals surface area contributed by atoms with E-state index in [4.69, 9.17) is 4.74 Å². The van der Waals surface area contributed by atoms with Crippen molar-refractivity contribution >= 4 is 12.0 Å². The second-order valence-corrected chi connectivity index (χ2v) is 3.97. The number of aromatic amines is 2. The summed E-state index contributed by atoms with van der Waals surface area (Å²) in [5, 5.41) is 2.13. The van der Waals surface area contributed by atoms with Gasteiger partial charge in [-0.1, -0.05) is 0 Å². The molecule has 0 saturated carbocycles. The van der Waals surface area contributed by atoms with Crippen LogP contribution in [0.5, 0.6) is 0 Å². The van der Waals surface area contributed by atoms with Crippen molar-refractivity contribution in [2.24, 2.45) is 0 Å². The van der Waals surface area contributed by atoms with E-state index in [1.54, 1.807) is 20.8 Å². The van der Waals surface area contributed by atoms with Crippen LogP contribution < -0.4 is 16.7 Å². The van der Waals surface area contributed by atoms with Gasteiger partial charge in [-0.25, -0.2) is 14.4 Å². The maximum absolute atomic E-state index is 11.2. The quantitative estimate of drug-likeness (QED) is 0.615. The van der Waals surface area contributed by atoms with Crippen LogP contribution in [-0.4, -0.2) is 26.6 Å². The number of hydrogen-bond donors (Lipinski definition) is 3. The first-order valence-corrected chi connectivity index (χ1v) is 4.47. The summed E-state index contributed by atoms with van der Waals surface area (Å²) in [6, 6.07) is 0. The smallest absolute Gasteiger partial charge is 0.414 e. The largest absolute Gasteiger partial charge is 0.444 e. The molecule has 0 atom stereocenters. The van der Waals surface area contributed by atoms with Crippen molar-refractivity contribution in [2.45, 2.75) is 26.4 Å². The third-order valence-electron chi connectivity index (χ3n) is 1.29. The van der Waals surface area contributed by atoms with Crippen LogP contribution >= 0.6 is 0 Å². The summed E-state index contributed by atoms with van der Waals surface area (Å²) in [4.78, 5) is 40.2. The standard InChI is InChI=1S/C8H12N4O4/c1-8(2,3)16-7(15)11-4-9-5(13)12-6(14)10-4/h1-3H3,(H3,9,10,11,12,13,14,15). The minimum atomic E-state index is -0.852. The van der Waals surface area contributed by atoms with Crippen LogP contribution in [0.3, 0.4) is 0 Å². The molecule has 1 aromatic rings. The lowest BCUT2D eigenvalue weighted by Gasteiger charge is -2.19. The Kier molecular flexibility index (Phi) is 3.11. The molecule has 0 aliphatic heterocycles. The summed E-state index contributed by atoms with van der Waals surface area (Å²) < 4.78 is 4.90. The predicted molar refractivity (Wildman–Crippen MR) is 55.3 cm³/mol. The van der Waals surface area contributed by atoms with Crippen LogP contribution in [0.25, 0.3) is 0 Å². The van der Waals surface area contributed by atoms with E-state index in [1.165, 1.54) is 0 Å². The maximum Gasteiger partial charge on any atom is 0.414 e. The van der Waals surface area contributed by atoms with Gasteiger partial charge in [0.15, 0.2) is 0 Å². The summed E-state index contributed by atoms with van der Waals surface area (Å²) in [5.74, 6) is -0.261. The number of nitrogens with zero attached hydrogens (tertiary/aromatic N) is 1. The average Bonchev–Trinajstić information content (AvgIpc) is 1.96. The number of hydrogen-bond acceptors (Lipinski definition) is 5. The zero-order valence-corrected chi connectivity index (χ0v) is 9.08. The number of H-pyrrole nitrogens is 2. The lowest BCUT2D eigenvalue weighted by Crippen LogP contribution is -2.31. The second kappa shape index (κ2) is 4.17. The number of aromatic nitrogens is 3. The van der Waals surface area contributed by atoms with Gasteiger partial charge in [0.25, 0.3) is 0 Å². The number of carbonyl (C=O) groups excluding carboxylic acids is 1. The number of anilines is 1. The number of ether oxygens (including phenoxy) is 1. The Balaban J connectivity index is 2.78. The number of carbonyl (C=O) groups is 1. The highest BCUT2D eigenvalue weighted by molar-refractivity contribution is 5.82. The third kappa shape index (κ3) is 3.95. The molecule has 1 aromatic heterocycles. The normalized spacial score (nSPS) is 10.9. The maximum atomic E-state index is 11.2. The molecule has 0 saturated heterocycles. The van der Waals surface area contributed by atoms with Crippen molar-refractivity contribution in [1.82, 2.24) is 15.0 Å². The molecule has 0 aromatic carbocycles. The van der Waals surface area contributed by atoms with Gasteiger partial charge in [-0.05, 0) is 20.8 Å². The fourth-order valence-corrected chi connectivity index (χ4v) is 0.853. The van der Waals surface area contributed by atoms with E-state index in [0.717, 1.165) is 0 Å². The summed E-state index contributed by atoms with van der Waals surface area (Å²) in [6.07, 6.45) is -0.804. The Hall–Kier alpha value is -2.12. The minimum absolute atomic E-state index is 0.261. The summed E-state index contributed by atoms with van der Waals surface area (Å²) in [5.41, 5.74) is -2.29. The minimum Gasteiger partial charge on any atom is -0.444 e. The Morgan fingerprint density at radius 1 is 1.31 bits per heavy atom. The van der Waals surface area contributed by atoms with E-state index in [1.807, 2.05) is 4.98 Å². The molecule has 0 unspecified atom stereocenters. The van der Waals surface area contributed by atoms with E-state index >= 15 is 0 Å². The molecule has 0 radical (unpaired) electrons. The van der Waals surface area contributed by atoms with E-state index in [9.17, 15) is 14.4 Å². The van der Waals surface area contributed by atoms with Crippen LogP contribution in [0.4, 0.5) is 10.7 Å². The Morgan fingerprint density at radius 2 is 1.94 bits per heavy atom. The first kappa shape index (κ1) is 12.0. The molecule has 3 N–H and O–H groups in total. The Bertz CT molecular complexity index is 467. The van der Waals surface area contributed by atoms with Crippen LogP contribution in [0.15, 0.2) is 9.59 Å². The van der Waals surface area contributed by atoms with E-state index < -0.39 is 23.1 Å². The van der Waals surface area contributed by atoms with Gasteiger partial charge < -0.3 is 4.74 Å². The first-order valence-electron chi connectivity index (χ1n) is 4.47. The molecule has 1 amide bonds. The lowest BCUT2D eigenvalue weighted by atomic mass is 10.2. The van der Waals surface area contributed by atoms with Gasteiger partial charge in [0.05, 0.1) is 0 Å². The van der Waals surface area contributed by atoms with E-state index in [-0.39, 0.29) is 5.95 Å². The average molecular weight is 228 g/mol. The molecule has 0 fully saturated rings. The summed E-state index contributed by atoms with van der Waals surface area (Å²) in [6.45, 7) is 5.04. The number of rotatable bonds is 1. The summed E-state index contributed by atoms with van der Waals surface area (Å²) in [7, 11) is 0. The molecule has 16 heavy (non-hydrogen) atoms. The molecule has 0 bridgehead atoms. The Labute approximate surface area is 90.1 Å². The van der Waals surface area contributed by atoms with Gasteiger partial charge in [-0.15, -0.1) is 0 Å². The third-order valence-corrected chi connectivity index (χ3v) is 1.29. The Morgan fingerprint density at radius 3 is 2.44 bits per heavy atom. The van der Waals surface area contributed by atoms with Crippen molar-refractivity contribution < 1.29 is 9.53 Å². The fraction of sp³-hybridized carbons (Fsp3) is 0.500. The van der Waals surface area contributed by atoms with Crippen LogP contribution in [-0.2, 0) is 4.74 Å². The molecule has 0 spiro atoms. The molecule has 0 aliphatic carbocycles. The molecule has 1 rings (SSSR count). The fourth-order valence-electron chi connectivity index (χ4n) is 0.853. The second-order valence-electron chi connectivity index (χ2n) is 3.97. The predicted octanol–water partition coefficient (Wildman–Crippen LogP) is -0.195. The van der Waals surface area contributed by atoms with Crippen LogP contribution in [0.2, 0.25) is 0 Å². The molecule has 8 heteroatoms. The number of nitrogens with one attached hydrogen (secondary N) is 3. The van der Waals surface area contributed by atoms with Crippen molar-refractivity contribution in [3.63, 3.8) is 0 Å². The van der Waals surface area contributed by atoms with Crippen molar-refractivity contribution in [3.8, 4) is 0 Å². The van der Waals surface area contributed by atoms with Gasteiger partial charge in [0, 0.05) is 0 Å². The molecule has 8 nitrogen and oxygen atoms in total. The van der Waals surface area contributed by atoms with Crippen LogP contribution in [0, 0.1) is 0 Å². The molecule has 88 valence electrons. The number of amides is 1. The van der Waals surface area contributed by atoms with Gasteiger partial charge in [-0.2, -0.15) is 4.98 Å². The monoisotopic (exact) mass is 228 g/mol. The van der Waals surface area contributed by atoms with Gasteiger partial charge >= 0.3 is 17.5 Å². The van der Waals surface area contributed by atoms with E-state index in [0.29, 0.717) is 0 Å². The van der Waals surface area contributed by atoms with Crippen molar-refractivity contribution in [2.75, 3.05) is 5.32 Å².